The van der Waals surface area contributed by atoms with E-state index in [0.717, 1.165) is 21.3 Å². The highest BCUT2D eigenvalue weighted by molar-refractivity contribution is 7.92. The Morgan fingerprint density at radius 1 is 0.879 bits per heavy atom. The fourth-order valence-corrected chi connectivity index (χ4v) is 5.34. The van der Waals surface area contributed by atoms with E-state index in [1.807, 2.05) is 29.6 Å². The highest BCUT2D eigenvalue weighted by atomic mass is 35.5. The summed E-state index contributed by atoms with van der Waals surface area (Å²) in [5, 5.41) is 6.87. The molecular weight excluding hydrogens is 478 g/mol. The van der Waals surface area contributed by atoms with Crippen LogP contribution in [0.4, 0.5) is 17.3 Å². The zero-order chi connectivity index (χ0) is 22.8. The molecule has 3 heterocycles. The Labute approximate surface area is 199 Å². The van der Waals surface area contributed by atoms with Crippen LogP contribution in [0.2, 0.25) is 5.02 Å². The molecule has 0 aliphatic carbocycles. The summed E-state index contributed by atoms with van der Waals surface area (Å²) in [6.45, 7) is 0. The third-order valence-corrected chi connectivity index (χ3v) is 7.37. The predicted octanol–water partition coefficient (Wildman–Crippen LogP) is 5.95. The van der Waals surface area contributed by atoms with Crippen molar-refractivity contribution in [1.29, 1.82) is 0 Å². The lowest BCUT2D eigenvalue weighted by Gasteiger charge is -2.10. The summed E-state index contributed by atoms with van der Waals surface area (Å²) in [4.78, 5) is 13.8. The van der Waals surface area contributed by atoms with Crippen molar-refractivity contribution in [1.82, 2.24) is 15.0 Å². The van der Waals surface area contributed by atoms with Crippen molar-refractivity contribution in [3.05, 3.63) is 89.7 Å². The van der Waals surface area contributed by atoms with Gasteiger partial charge in [-0.2, -0.15) is 0 Å². The number of hydrogen-bond donors (Lipinski definition) is 2. The van der Waals surface area contributed by atoms with Crippen LogP contribution in [0.3, 0.4) is 0 Å². The molecule has 0 unspecified atom stereocenters. The first kappa shape index (κ1) is 21.3. The number of nitrogens with zero attached hydrogens (tertiary/aromatic N) is 3. The third kappa shape index (κ3) is 4.51. The molecule has 0 saturated carbocycles. The first-order valence-electron chi connectivity index (χ1n) is 9.79. The maximum Gasteiger partial charge on any atom is 0.263 e. The summed E-state index contributed by atoms with van der Waals surface area (Å²) in [6.07, 6.45) is 3.03. The molecule has 2 aromatic carbocycles. The average Bonchev–Trinajstić information content (AvgIpc) is 3.26. The Morgan fingerprint density at radius 3 is 2.39 bits per heavy atom. The molecule has 0 atom stereocenters. The lowest BCUT2D eigenvalue weighted by molar-refractivity contribution is 0.601. The van der Waals surface area contributed by atoms with Gasteiger partial charge in [0.2, 0.25) is 0 Å². The van der Waals surface area contributed by atoms with Crippen LogP contribution in [0.15, 0.2) is 89.5 Å². The minimum absolute atomic E-state index is 0.129. The van der Waals surface area contributed by atoms with Crippen molar-refractivity contribution in [3.63, 3.8) is 0 Å². The second-order valence-corrected chi connectivity index (χ2v) is 10.0. The predicted molar refractivity (Wildman–Crippen MR) is 133 cm³/mol. The van der Waals surface area contributed by atoms with Gasteiger partial charge >= 0.3 is 0 Å². The number of anilines is 3. The van der Waals surface area contributed by atoms with E-state index in [1.54, 1.807) is 30.3 Å². The highest BCUT2D eigenvalue weighted by Crippen LogP contribution is 2.37. The molecule has 5 aromatic rings. The lowest BCUT2D eigenvalue weighted by Crippen LogP contribution is -2.13. The number of thiophene rings is 1. The van der Waals surface area contributed by atoms with Gasteiger partial charge in [-0.3, -0.25) is 4.72 Å². The Hall–Kier alpha value is -3.53. The Morgan fingerprint density at radius 2 is 1.67 bits per heavy atom. The molecule has 0 aliphatic heterocycles. The minimum Gasteiger partial charge on any atom is -0.340 e. The Balaban J connectivity index is 1.43. The van der Waals surface area contributed by atoms with Gasteiger partial charge in [0.25, 0.3) is 10.0 Å². The number of sulfonamides is 1. The molecule has 0 bridgehead atoms. The van der Waals surface area contributed by atoms with Crippen molar-refractivity contribution in [3.8, 4) is 11.1 Å². The van der Waals surface area contributed by atoms with Crippen molar-refractivity contribution in [2.24, 2.45) is 0 Å². The van der Waals surface area contributed by atoms with Crippen LogP contribution in [-0.4, -0.2) is 23.4 Å². The molecule has 7 nitrogen and oxygen atoms in total. The van der Waals surface area contributed by atoms with E-state index in [-0.39, 0.29) is 10.7 Å². The molecule has 10 heteroatoms. The van der Waals surface area contributed by atoms with Gasteiger partial charge in [0, 0.05) is 27.9 Å². The zero-order valence-corrected chi connectivity index (χ0v) is 19.3. The van der Waals surface area contributed by atoms with E-state index in [0.29, 0.717) is 16.5 Å². The minimum atomic E-state index is -3.75. The summed E-state index contributed by atoms with van der Waals surface area (Å²) < 4.78 is 27.7. The maximum absolute atomic E-state index is 12.6. The van der Waals surface area contributed by atoms with Gasteiger partial charge in [0.15, 0.2) is 0 Å². The first-order chi connectivity index (χ1) is 16.0. The van der Waals surface area contributed by atoms with E-state index in [4.69, 9.17) is 11.6 Å². The number of pyridine rings is 1. The van der Waals surface area contributed by atoms with Crippen molar-refractivity contribution in [2.75, 3.05) is 10.0 Å². The summed E-state index contributed by atoms with van der Waals surface area (Å²) in [5.74, 6) is 0.892. The number of halogens is 1. The summed E-state index contributed by atoms with van der Waals surface area (Å²) >= 11 is 7.56. The number of hydrogen-bond acceptors (Lipinski definition) is 7. The Kier molecular flexibility index (Phi) is 5.67. The van der Waals surface area contributed by atoms with E-state index in [2.05, 4.69) is 25.0 Å². The van der Waals surface area contributed by atoms with Gasteiger partial charge in [-0.15, -0.1) is 11.3 Å². The van der Waals surface area contributed by atoms with Gasteiger partial charge in [-0.25, -0.2) is 23.4 Å². The number of benzene rings is 2. The van der Waals surface area contributed by atoms with Crippen LogP contribution in [0.1, 0.15) is 0 Å². The molecule has 5 rings (SSSR count). The topological polar surface area (TPSA) is 96.9 Å². The largest absolute Gasteiger partial charge is 0.340 e. The molecule has 3 aromatic heterocycles. The number of aromatic nitrogens is 3. The van der Waals surface area contributed by atoms with Crippen LogP contribution in [0, 0.1) is 0 Å². The quantitative estimate of drug-likeness (QED) is 0.303. The SMILES string of the molecule is O=S(=O)(Nc1ccccn1)c1ccc(Nc2ncnc3scc(-c4ccc(Cl)cc4)c23)cc1. The molecule has 0 fully saturated rings. The smallest absolute Gasteiger partial charge is 0.263 e. The standard InChI is InChI=1S/C23H16ClN5O2S2/c24-16-6-4-15(5-7-16)19-13-32-23-21(19)22(26-14-27-23)28-17-8-10-18(11-9-17)33(30,31)29-20-3-1-2-12-25-20/h1-14H,(H,25,29)(H,26,27,28). The van der Waals surface area contributed by atoms with Crippen LogP contribution < -0.4 is 10.0 Å². The molecule has 0 amide bonds. The second kappa shape index (κ2) is 8.78. The van der Waals surface area contributed by atoms with Gasteiger partial charge < -0.3 is 5.32 Å². The fraction of sp³-hybridized carbons (Fsp3) is 0. The Bertz CT molecular complexity index is 1520. The number of nitrogens with one attached hydrogen (secondary N) is 2. The van der Waals surface area contributed by atoms with Gasteiger partial charge in [-0.05, 0) is 54.1 Å². The summed E-state index contributed by atoms with van der Waals surface area (Å²) in [6, 6.07) is 19.0. The molecule has 164 valence electrons. The van der Waals surface area contributed by atoms with Crippen LogP contribution in [0.25, 0.3) is 21.3 Å². The molecule has 0 saturated heterocycles. The first-order valence-corrected chi connectivity index (χ1v) is 12.5. The molecule has 0 spiro atoms. The normalized spacial score (nSPS) is 11.4. The third-order valence-electron chi connectivity index (χ3n) is 4.86. The summed E-state index contributed by atoms with van der Waals surface area (Å²) in [5.41, 5.74) is 2.69. The molecule has 0 radical (unpaired) electrons. The van der Waals surface area contributed by atoms with E-state index in [9.17, 15) is 8.42 Å². The van der Waals surface area contributed by atoms with Crippen LogP contribution >= 0.6 is 22.9 Å². The van der Waals surface area contributed by atoms with Crippen molar-refractivity contribution in [2.45, 2.75) is 4.90 Å². The van der Waals surface area contributed by atoms with Crippen molar-refractivity contribution < 1.29 is 8.42 Å². The monoisotopic (exact) mass is 493 g/mol. The fourth-order valence-electron chi connectivity index (χ4n) is 3.29. The van der Waals surface area contributed by atoms with Gasteiger partial charge in [0.1, 0.15) is 22.8 Å². The molecule has 2 N–H and O–H groups in total. The molecular formula is C23H16ClN5O2S2. The average molecular weight is 494 g/mol. The van der Waals surface area contributed by atoms with Crippen LogP contribution in [-0.2, 0) is 10.0 Å². The van der Waals surface area contributed by atoms with E-state index < -0.39 is 10.0 Å². The highest BCUT2D eigenvalue weighted by Gasteiger charge is 2.16. The van der Waals surface area contributed by atoms with Gasteiger partial charge in [-0.1, -0.05) is 29.8 Å². The van der Waals surface area contributed by atoms with E-state index >= 15 is 0 Å². The van der Waals surface area contributed by atoms with Gasteiger partial charge in [0.05, 0.1) is 10.3 Å². The number of rotatable bonds is 6. The van der Waals surface area contributed by atoms with E-state index in [1.165, 1.54) is 36.0 Å². The van der Waals surface area contributed by atoms with Crippen molar-refractivity contribution >= 4 is 60.5 Å². The lowest BCUT2D eigenvalue weighted by atomic mass is 10.1. The summed E-state index contributed by atoms with van der Waals surface area (Å²) in [7, 11) is -3.75. The maximum atomic E-state index is 12.6. The second-order valence-electron chi connectivity index (χ2n) is 7.03. The molecule has 0 aliphatic rings. The van der Waals surface area contributed by atoms with Crippen LogP contribution in [0.5, 0.6) is 0 Å². The zero-order valence-electron chi connectivity index (χ0n) is 16.9. The molecule has 33 heavy (non-hydrogen) atoms. The number of fused-ring (bicyclic) bond motifs is 1.